The molecule has 0 saturated heterocycles. The Morgan fingerprint density at radius 2 is 2.00 bits per heavy atom. The van der Waals surface area contributed by atoms with Crippen molar-refractivity contribution >= 4 is 5.91 Å². The second-order valence-electron chi connectivity index (χ2n) is 3.53. The van der Waals surface area contributed by atoms with Gasteiger partial charge in [0.2, 0.25) is 0 Å². The van der Waals surface area contributed by atoms with Crippen LogP contribution < -0.4 is 5.32 Å². The first kappa shape index (κ1) is 12.5. The van der Waals surface area contributed by atoms with E-state index in [-0.39, 0.29) is 11.1 Å². The number of benzene rings is 1. The third-order valence-corrected chi connectivity index (χ3v) is 2.13. The Balaban J connectivity index is 3.13. The Morgan fingerprint density at radius 3 is 2.50 bits per heavy atom. The van der Waals surface area contributed by atoms with E-state index in [1.165, 1.54) is 19.2 Å². The summed E-state index contributed by atoms with van der Waals surface area (Å²) in [7, 11) is 1.39. The number of aryl methyl sites for hydroxylation is 1. The number of nitrogens with one attached hydrogen (secondary N) is 1. The van der Waals surface area contributed by atoms with Gasteiger partial charge in [-0.1, -0.05) is 17.7 Å². The number of hydrogen-bond donors (Lipinski definition) is 1. The highest BCUT2D eigenvalue weighted by Gasteiger charge is 2.29. The molecule has 5 heteroatoms. The second kappa shape index (κ2) is 4.55. The number of rotatable bonds is 2. The van der Waals surface area contributed by atoms with Crippen molar-refractivity contribution in [3.8, 4) is 0 Å². The van der Waals surface area contributed by atoms with Crippen molar-refractivity contribution in [2.45, 2.75) is 19.5 Å². The minimum Gasteiger partial charge on any atom is -0.355 e. The standard InChI is InChI=1S/C11H12F3NO/c1-7-3-4-8(6-11(12,13)14)9(5-7)10(16)15-2/h3-5H,6H2,1-2H3,(H,15,16). The summed E-state index contributed by atoms with van der Waals surface area (Å²) in [6, 6.07) is 4.36. The van der Waals surface area contributed by atoms with Gasteiger partial charge in [0.05, 0.1) is 6.42 Å². The van der Waals surface area contributed by atoms with Crippen molar-refractivity contribution in [1.29, 1.82) is 0 Å². The second-order valence-corrected chi connectivity index (χ2v) is 3.53. The van der Waals surface area contributed by atoms with Gasteiger partial charge in [-0.3, -0.25) is 4.79 Å². The Bertz CT molecular complexity index is 399. The zero-order valence-electron chi connectivity index (χ0n) is 8.98. The first-order chi connectivity index (χ1) is 7.33. The van der Waals surface area contributed by atoms with E-state index < -0.39 is 18.5 Å². The molecule has 1 amide bonds. The van der Waals surface area contributed by atoms with E-state index in [9.17, 15) is 18.0 Å². The number of halogens is 3. The van der Waals surface area contributed by atoms with Crippen LogP contribution in [0.2, 0.25) is 0 Å². The van der Waals surface area contributed by atoms with E-state index in [1.807, 2.05) is 0 Å². The van der Waals surface area contributed by atoms with Gasteiger partial charge in [0.25, 0.3) is 5.91 Å². The molecule has 16 heavy (non-hydrogen) atoms. The summed E-state index contributed by atoms with van der Waals surface area (Å²) in [4.78, 5) is 11.4. The highest BCUT2D eigenvalue weighted by atomic mass is 19.4. The first-order valence-corrected chi connectivity index (χ1v) is 4.72. The summed E-state index contributed by atoms with van der Waals surface area (Å²) < 4.78 is 36.8. The predicted octanol–water partition coefficient (Wildman–Crippen LogP) is 2.46. The molecule has 0 saturated carbocycles. The average molecular weight is 231 g/mol. The van der Waals surface area contributed by atoms with Crippen LogP contribution in [0.15, 0.2) is 18.2 Å². The van der Waals surface area contributed by atoms with Crippen molar-refractivity contribution in [2.75, 3.05) is 7.05 Å². The largest absolute Gasteiger partial charge is 0.393 e. The zero-order valence-corrected chi connectivity index (χ0v) is 8.98. The summed E-state index contributed by atoms with van der Waals surface area (Å²) in [6.45, 7) is 1.73. The molecule has 1 aromatic carbocycles. The molecule has 88 valence electrons. The molecule has 0 atom stereocenters. The van der Waals surface area contributed by atoms with Crippen LogP contribution in [-0.4, -0.2) is 19.1 Å². The topological polar surface area (TPSA) is 29.1 Å². The smallest absolute Gasteiger partial charge is 0.355 e. The van der Waals surface area contributed by atoms with Crippen LogP contribution in [0.3, 0.4) is 0 Å². The Kier molecular flexibility index (Phi) is 3.57. The Morgan fingerprint density at radius 1 is 1.38 bits per heavy atom. The fourth-order valence-electron chi connectivity index (χ4n) is 1.41. The van der Waals surface area contributed by atoms with Gasteiger partial charge in [-0.25, -0.2) is 0 Å². The number of amides is 1. The highest BCUT2D eigenvalue weighted by molar-refractivity contribution is 5.95. The summed E-state index contributed by atoms with van der Waals surface area (Å²) in [5.41, 5.74) is 0.835. The molecule has 0 spiro atoms. The van der Waals surface area contributed by atoms with Crippen molar-refractivity contribution < 1.29 is 18.0 Å². The maximum Gasteiger partial charge on any atom is 0.393 e. The molecule has 0 heterocycles. The van der Waals surface area contributed by atoms with Gasteiger partial charge < -0.3 is 5.32 Å². The van der Waals surface area contributed by atoms with Crippen LogP contribution >= 0.6 is 0 Å². The summed E-state index contributed by atoms with van der Waals surface area (Å²) in [5.74, 6) is -0.497. The average Bonchev–Trinajstić information content (AvgIpc) is 2.17. The normalized spacial score (nSPS) is 11.3. The van der Waals surface area contributed by atoms with Gasteiger partial charge in [0.15, 0.2) is 0 Å². The quantitative estimate of drug-likeness (QED) is 0.832. The van der Waals surface area contributed by atoms with Crippen LogP contribution in [0.1, 0.15) is 21.5 Å². The molecule has 2 nitrogen and oxygen atoms in total. The van der Waals surface area contributed by atoms with Gasteiger partial charge in [-0.2, -0.15) is 13.2 Å². The maximum atomic E-state index is 12.3. The molecule has 1 aromatic rings. The molecular weight excluding hydrogens is 219 g/mol. The van der Waals surface area contributed by atoms with Crippen molar-refractivity contribution in [3.05, 3.63) is 34.9 Å². The summed E-state index contributed by atoms with van der Waals surface area (Å²) in [6.07, 6.45) is -5.39. The van der Waals surface area contributed by atoms with Gasteiger partial charge in [-0.15, -0.1) is 0 Å². The Hall–Kier alpha value is -1.52. The van der Waals surface area contributed by atoms with E-state index >= 15 is 0 Å². The fourth-order valence-corrected chi connectivity index (χ4v) is 1.41. The molecule has 0 radical (unpaired) electrons. The lowest BCUT2D eigenvalue weighted by Crippen LogP contribution is -2.22. The predicted molar refractivity (Wildman–Crippen MR) is 54.3 cm³/mol. The SMILES string of the molecule is CNC(=O)c1cc(C)ccc1CC(F)(F)F. The molecule has 0 aliphatic heterocycles. The lowest BCUT2D eigenvalue weighted by atomic mass is 10.0. The van der Waals surface area contributed by atoms with E-state index in [1.54, 1.807) is 13.0 Å². The van der Waals surface area contributed by atoms with E-state index in [0.717, 1.165) is 5.56 Å². The van der Waals surface area contributed by atoms with Crippen molar-refractivity contribution in [2.24, 2.45) is 0 Å². The van der Waals surface area contributed by atoms with E-state index in [4.69, 9.17) is 0 Å². The Labute approximate surface area is 91.5 Å². The van der Waals surface area contributed by atoms with Crippen molar-refractivity contribution in [3.63, 3.8) is 0 Å². The van der Waals surface area contributed by atoms with E-state index in [2.05, 4.69) is 5.32 Å². The molecule has 0 aliphatic rings. The molecule has 0 aliphatic carbocycles. The minimum atomic E-state index is -4.31. The van der Waals surface area contributed by atoms with Crippen LogP contribution in [0.4, 0.5) is 13.2 Å². The van der Waals surface area contributed by atoms with Crippen LogP contribution in [0, 0.1) is 6.92 Å². The third kappa shape index (κ3) is 3.25. The lowest BCUT2D eigenvalue weighted by Gasteiger charge is -2.11. The van der Waals surface area contributed by atoms with Gasteiger partial charge in [0.1, 0.15) is 0 Å². The first-order valence-electron chi connectivity index (χ1n) is 4.72. The number of carbonyl (C=O) groups excluding carboxylic acids is 1. The highest BCUT2D eigenvalue weighted by Crippen LogP contribution is 2.24. The van der Waals surface area contributed by atoms with Crippen molar-refractivity contribution in [1.82, 2.24) is 5.32 Å². The monoisotopic (exact) mass is 231 g/mol. The molecule has 0 bridgehead atoms. The molecule has 1 rings (SSSR count). The van der Waals surface area contributed by atoms with Gasteiger partial charge >= 0.3 is 6.18 Å². The fraction of sp³-hybridized carbons (Fsp3) is 0.364. The zero-order chi connectivity index (χ0) is 12.3. The third-order valence-electron chi connectivity index (χ3n) is 2.13. The molecule has 0 fully saturated rings. The molecule has 1 N–H and O–H groups in total. The van der Waals surface area contributed by atoms with Crippen LogP contribution in [0.25, 0.3) is 0 Å². The summed E-state index contributed by atoms with van der Waals surface area (Å²) in [5, 5.41) is 2.33. The minimum absolute atomic E-state index is 0.00236. The number of alkyl halides is 3. The summed E-state index contributed by atoms with van der Waals surface area (Å²) >= 11 is 0. The maximum absolute atomic E-state index is 12.3. The van der Waals surface area contributed by atoms with Gasteiger partial charge in [-0.05, 0) is 18.6 Å². The molecule has 0 aromatic heterocycles. The molecular formula is C11H12F3NO. The van der Waals surface area contributed by atoms with Crippen LogP contribution in [0.5, 0.6) is 0 Å². The van der Waals surface area contributed by atoms with E-state index in [0.29, 0.717) is 0 Å². The lowest BCUT2D eigenvalue weighted by molar-refractivity contribution is -0.127. The van der Waals surface area contributed by atoms with Crippen LogP contribution in [-0.2, 0) is 6.42 Å². The molecule has 0 unspecified atom stereocenters. The number of carbonyl (C=O) groups is 1. The van der Waals surface area contributed by atoms with Gasteiger partial charge in [0, 0.05) is 12.6 Å². The number of hydrogen-bond acceptors (Lipinski definition) is 1.